The molecule has 122 valence electrons. The maximum absolute atomic E-state index is 13.4. The van der Waals surface area contributed by atoms with E-state index in [1.165, 1.54) is 31.4 Å². The molecule has 1 amide bonds. The minimum Gasteiger partial charge on any atom is -0.353 e. The third-order valence-electron chi connectivity index (χ3n) is 4.11. The fourth-order valence-corrected chi connectivity index (χ4v) is 2.98. The van der Waals surface area contributed by atoms with Gasteiger partial charge in [0.15, 0.2) is 0 Å². The number of nitrogens with zero attached hydrogens (tertiary/aromatic N) is 2. The molecule has 1 unspecified atom stereocenters. The van der Waals surface area contributed by atoms with Crippen LogP contribution in [0.3, 0.4) is 0 Å². The van der Waals surface area contributed by atoms with Crippen molar-refractivity contribution in [1.29, 1.82) is 0 Å². The Kier molecular flexibility index (Phi) is 6.34. The summed E-state index contributed by atoms with van der Waals surface area (Å²) in [6, 6.07) is 5.79. The summed E-state index contributed by atoms with van der Waals surface area (Å²) >= 11 is 0. The van der Waals surface area contributed by atoms with Gasteiger partial charge in [0.05, 0.1) is 0 Å². The highest BCUT2D eigenvalue weighted by atomic mass is 19.1. The van der Waals surface area contributed by atoms with Gasteiger partial charge in [-0.25, -0.2) is 4.39 Å². The highest BCUT2D eigenvalue weighted by Crippen LogP contribution is 2.19. The minimum atomic E-state index is -0.461. The molecule has 1 atom stereocenters. The number of carbonyl (C=O) groups excluding carboxylic acids is 1. The second kappa shape index (κ2) is 8.25. The van der Waals surface area contributed by atoms with Crippen LogP contribution in [0.15, 0.2) is 24.3 Å². The van der Waals surface area contributed by atoms with E-state index in [1.54, 1.807) is 12.1 Å². The zero-order valence-corrected chi connectivity index (χ0v) is 13.5. The lowest BCUT2D eigenvalue weighted by Gasteiger charge is -2.27. The summed E-state index contributed by atoms with van der Waals surface area (Å²) in [5.74, 6) is -0.391. The van der Waals surface area contributed by atoms with Crippen LogP contribution >= 0.6 is 0 Å². The molecule has 0 saturated carbocycles. The monoisotopic (exact) mass is 307 g/mol. The molecular formula is C17H26FN3O. The van der Waals surface area contributed by atoms with Gasteiger partial charge < -0.3 is 10.2 Å². The Balaban J connectivity index is 1.89. The molecule has 1 N–H and O–H groups in total. The molecule has 5 heteroatoms. The molecule has 4 nitrogen and oxygen atoms in total. The molecule has 0 bridgehead atoms. The van der Waals surface area contributed by atoms with Crippen LogP contribution in [0.5, 0.6) is 0 Å². The third kappa shape index (κ3) is 4.78. The second-order valence-corrected chi connectivity index (χ2v) is 6.11. The maximum atomic E-state index is 13.4. The Labute approximate surface area is 132 Å². The highest BCUT2D eigenvalue weighted by Gasteiger charge is 2.23. The van der Waals surface area contributed by atoms with Crippen LogP contribution in [0, 0.1) is 5.82 Å². The van der Waals surface area contributed by atoms with E-state index in [2.05, 4.69) is 10.2 Å². The van der Waals surface area contributed by atoms with Crippen molar-refractivity contribution in [3.63, 3.8) is 0 Å². The second-order valence-electron chi connectivity index (χ2n) is 6.11. The van der Waals surface area contributed by atoms with E-state index < -0.39 is 6.04 Å². The van der Waals surface area contributed by atoms with Gasteiger partial charge in [-0.15, -0.1) is 0 Å². The predicted octanol–water partition coefficient (Wildman–Crippen LogP) is 2.03. The van der Waals surface area contributed by atoms with Crippen LogP contribution < -0.4 is 5.32 Å². The molecule has 1 aliphatic heterocycles. The summed E-state index contributed by atoms with van der Waals surface area (Å²) in [6.45, 7) is 3.77. The summed E-state index contributed by atoms with van der Waals surface area (Å²) in [6.07, 6.45) is 3.81. The molecular weight excluding hydrogens is 281 g/mol. The highest BCUT2D eigenvalue weighted by molar-refractivity contribution is 5.83. The van der Waals surface area contributed by atoms with E-state index in [1.807, 2.05) is 19.0 Å². The molecule has 1 aromatic rings. The number of hydrogen-bond acceptors (Lipinski definition) is 3. The Morgan fingerprint density at radius 2 is 2.05 bits per heavy atom. The SMILES string of the molecule is CN(C)C(C(=O)NCCN1CCCCC1)c1cccc(F)c1. The van der Waals surface area contributed by atoms with Crippen molar-refractivity contribution in [2.45, 2.75) is 25.3 Å². The Hall–Kier alpha value is -1.46. The van der Waals surface area contributed by atoms with Crippen LogP contribution in [0.25, 0.3) is 0 Å². The van der Waals surface area contributed by atoms with E-state index in [4.69, 9.17) is 0 Å². The molecule has 1 aromatic carbocycles. The molecule has 1 heterocycles. The van der Waals surface area contributed by atoms with Gasteiger partial charge in [-0.05, 0) is 57.7 Å². The van der Waals surface area contributed by atoms with Gasteiger partial charge in [0.1, 0.15) is 11.9 Å². The van der Waals surface area contributed by atoms with Gasteiger partial charge in [0.2, 0.25) is 5.91 Å². The zero-order chi connectivity index (χ0) is 15.9. The first-order valence-corrected chi connectivity index (χ1v) is 8.00. The maximum Gasteiger partial charge on any atom is 0.241 e. The van der Waals surface area contributed by atoms with Gasteiger partial charge >= 0.3 is 0 Å². The van der Waals surface area contributed by atoms with Crippen molar-refractivity contribution in [1.82, 2.24) is 15.1 Å². The number of benzene rings is 1. The Morgan fingerprint density at radius 1 is 1.32 bits per heavy atom. The number of halogens is 1. The Bertz CT molecular complexity index is 487. The van der Waals surface area contributed by atoms with Gasteiger partial charge in [-0.2, -0.15) is 0 Å². The van der Waals surface area contributed by atoms with Gasteiger partial charge in [-0.3, -0.25) is 9.69 Å². The van der Waals surface area contributed by atoms with Crippen LogP contribution in [0.2, 0.25) is 0 Å². The molecule has 1 aliphatic rings. The third-order valence-corrected chi connectivity index (χ3v) is 4.11. The zero-order valence-electron chi connectivity index (χ0n) is 13.5. The first-order valence-electron chi connectivity index (χ1n) is 8.00. The lowest BCUT2D eigenvalue weighted by molar-refractivity contribution is -0.125. The Morgan fingerprint density at radius 3 is 2.68 bits per heavy atom. The average molecular weight is 307 g/mol. The number of nitrogens with one attached hydrogen (secondary N) is 1. The summed E-state index contributed by atoms with van der Waals surface area (Å²) in [5.41, 5.74) is 0.681. The number of piperidine rings is 1. The molecule has 1 fully saturated rings. The van der Waals surface area contributed by atoms with E-state index in [9.17, 15) is 9.18 Å². The van der Waals surface area contributed by atoms with E-state index >= 15 is 0 Å². The van der Waals surface area contributed by atoms with Crippen LogP contribution in [0.1, 0.15) is 30.9 Å². The van der Waals surface area contributed by atoms with Crippen LogP contribution in [-0.2, 0) is 4.79 Å². The van der Waals surface area contributed by atoms with Crippen LogP contribution in [-0.4, -0.2) is 56.0 Å². The van der Waals surface area contributed by atoms with Gasteiger partial charge in [0, 0.05) is 13.1 Å². The van der Waals surface area contributed by atoms with Gasteiger partial charge in [-0.1, -0.05) is 18.6 Å². The van der Waals surface area contributed by atoms with Gasteiger partial charge in [0.25, 0.3) is 0 Å². The number of likely N-dealkylation sites (tertiary alicyclic amines) is 1. The summed E-state index contributed by atoms with van der Waals surface area (Å²) < 4.78 is 13.4. The molecule has 22 heavy (non-hydrogen) atoms. The van der Waals surface area contributed by atoms with Crippen LogP contribution in [0.4, 0.5) is 4.39 Å². The van der Waals surface area contributed by atoms with Crippen molar-refractivity contribution >= 4 is 5.91 Å². The van der Waals surface area contributed by atoms with E-state index in [0.29, 0.717) is 12.1 Å². The number of likely N-dealkylation sites (N-methyl/N-ethyl adjacent to an activating group) is 1. The van der Waals surface area contributed by atoms with Crippen molar-refractivity contribution in [2.75, 3.05) is 40.3 Å². The average Bonchev–Trinajstić information content (AvgIpc) is 2.48. The number of amides is 1. The van der Waals surface area contributed by atoms with Crippen molar-refractivity contribution in [2.24, 2.45) is 0 Å². The van der Waals surface area contributed by atoms with E-state index in [-0.39, 0.29) is 11.7 Å². The molecule has 2 rings (SSSR count). The predicted molar refractivity (Wildman–Crippen MR) is 86.1 cm³/mol. The molecule has 0 aromatic heterocycles. The van der Waals surface area contributed by atoms with Crippen molar-refractivity contribution in [3.8, 4) is 0 Å². The quantitative estimate of drug-likeness (QED) is 0.873. The normalized spacial score (nSPS) is 17.5. The first kappa shape index (κ1) is 16.9. The van der Waals surface area contributed by atoms with E-state index in [0.717, 1.165) is 19.6 Å². The fraction of sp³-hybridized carbons (Fsp3) is 0.588. The fourth-order valence-electron chi connectivity index (χ4n) is 2.98. The van der Waals surface area contributed by atoms with Crippen molar-refractivity contribution < 1.29 is 9.18 Å². The molecule has 0 aliphatic carbocycles. The smallest absolute Gasteiger partial charge is 0.241 e. The molecule has 1 saturated heterocycles. The number of carbonyl (C=O) groups is 1. The number of rotatable bonds is 6. The summed E-state index contributed by atoms with van der Waals surface area (Å²) in [4.78, 5) is 16.6. The summed E-state index contributed by atoms with van der Waals surface area (Å²) in [5, 5.41) is 2.98. The first-order chi connectivity index (χ1) is 10.6. The number of hydrogen-bond donors (Lipinski definition) is 1. The largest absolute Gasteiger partial charge is 0.353 e. The molecule has 0 spiro atoms. The lowest BCUT2D eigenvalue weighted by Crippen LogP contribution is -2.42. The van der Waals surface area contributed by atoms with Crippen molar-refractivity contribution in [3.05, 3.63) is 35.6 Å². The topological polar surface area (TPSA) is 35.6 Å². The lowest BCUT2D eigenvalue weighted by atomic mass is 10.1. The molecule has 0 radical (unpaired) electrons. The standard InChI is InChI=1S/C17H26FN3O/c1-20(2)16(14-7-6-8-15(18)13-14)17(22)19-9-12-21-10-4-3-5-11-21/h6-8,13,16H,3-5,9-12H2,1-2H3,(H,19,22). The summed E-state index contributed by atoms with van der Waals surface area (Å²) in [7, 11) is 3.67. The minimum absolute atomic E-state index is 0.0763.